The van der Waals surface area contributed by atoms with Gasteiger partial charge in [0.15, 0.2) is 0 Å². The quantitative estimate of drug-likeness (QED) is 0.798. The molecule has 8 heteroatoms. The van der Waals surface area contributed by atoms with Crippen LogP contribution in [-0.4, -0.2) is 78.3 Å². The van der Waals surface area contributed by atoms with E-state index in [1.54, 1.807) is 6.20 Å². The van der Waals surface area contributed by atoms with E-state index < -0.39 is 0 Å². The van der Waals surface area contributed by atoms with Gasteiger partial charge in [0.2, 0.25) is 0 Å². The van der Waals surface area contributed by atoms with Crippen LogP contribution in [0.2, 0.25) is 0 Å². The van der Waals surface area contributed by atoms with Crippen molar-refractivity contribution in [2.24, 2.45) is 0 Å². The van der Waals surface area contributed by atoms with Gasteiger partial charge in [-0.1, -0.05) is 0 Å². The van der Waals surface area contributed by atoms with E-state index in [1.165, 1.54) is 0 Å². The van der Waals surface area contributed by atoms with Gasteiger partial charge >= 0.3 is 0 Å². The monoisotopic (exact) mass is 339 g/mol. The topological polar surface area (TPSA) is 83.0 Å². The predicted octanol–water partition coefficient (Wildman–Crippen LogP) is 0.808. The predicted molar refractivity (Wildman–Crippen MR) is 89.2 cm³/mol. The average molecular weight is 339 g/mol. The van der Waals surface area contributed by atoms with Gasteiger partial charge in [-0.25, -0.2) is 4.98 Å². The van der Waals surface area contributed by atoms with Crippen LogP contribution in [0, 0.1) is 0 Å². The summed E-state index contributed by atoms with van der Waals surface area (Å²) in [5.41, 5.74) is 0.669. The second kappa shape index (κ2) is 9.36. The number of hydrogen-bond donors (Lipinski definition) is 1. The average Bonchev–Trinajstić information content (AvgIpc) is 2.63. The SMILES string of the molecule is O=C(c1ccc(N2CCSCC2)nc1)N1CCOCC1.O=CO. The Morgan fingerprint density at radius 2 is 1.87 bits per heavy atom. The third-order valence-electron chi connectivity index (χ3n) is 3.63. The lowest BCUT2D eigenvalue weighted by Crippen LogP contribution is -2.40. The van der Waals surface area contributed by atoms with Gasteiger partial charge in [-0.3, -0.25) is 9.59 Å². The van der Waals surface area contributed by atoms with Crippen LogP contribution in [0.25, 0.3) is 0 Å². The summed E-state index contributed by atoms with van der Waals surface area (Å²) in [6.45, 7) is 4.42. The highest BCUT2D eigenvalue weighted by Gasteiger charge is 2.19. The molecule has 0 radical (unpaired) electrons. The molecule has 0 spiro atoms. The van der Waals surface area contributed by atoms with Gasteiger partial charge in [-0.05, 0) is 12.1 Å². The van der Waals surface area contributed by atoms with Crippen LogP contribution in [0.5, 0.6) is 0 Å². The van der Waals surface area contributed by atoms with Crippen LogP contribution in [0.4, 0.5) is 5.82 Å². The molecule has 0 saturated carbocycles. The van der Waals surface area contributed by atoms with E-state index in [4.69, 9.17) is 14.6 Å². The molecule has 0 unspecified atom stereocenters. The summed E-state index contributed by atoms with van der Waals surface area (Å²) < 4.78 is 5.27. The van der Waals surface area contributed by atoms with Gasteiger partial charge in [0, 0.05) is 43.9 Å². The van der Waals surface area contributed by atoms with Crippen molar-refractivity contribution < 1.29 is 19.4 Å². The number of amides is 1. The van der Waals surface area contributed by atoms with Crippen molar-refractivity contribution in [2.45, 2.75) is 0 Å². The van der Waals surface area contributed by atoms with E-state index in [0.29, 0.717) is 31.9 Å². The molecule has 2 fully saturated rings. The van der Waals surface area contributed by atoms with Gasteiger partial charge in [0.05, 0.1) is 18.8 Å². The Balaban J connectivity index is 0.000000595. The van der Waals surface area contributed by atoms with Crippen LogP contribution in [0.1, 0.15) is 10.4 Å². The Labute approximate surface area is 139 Å². The lowest BCUT2D eigenvalue weighted by atomic mass is 10.2. The molecule has 2 saturated heterocycles. The molecule has 3 heterocycles. The first-order chi connectivity index (χ1) is 11.3. The lowest BCUT2D eigenvalue weighted by molar-refractivity contribution is -0.122. The summed E-state index contributed by atoms with van der Waals surface area (Å²) in [5.74, 6) is 3.33. The van der Waals surface area contributed by atoms with Gasteiger partial charge in [-0.2, -0.15) is 11.8 Å². The molecule has 2 aliphatic heterocycles. The third kappa shape index (κ3) is 5.11. The van der Waals surface area contributed by atoms with Crippen molar-refractivity contribution in [2.75, 3.05) is 55.8 Å². The second-order valence-corrected chi connectivity index (χ2v) is 6.24. The number of carbonyl (C=O) groups is 2. The summed E-state index contributed by atoms with van der Waals surface area (Å²) in [6, 6.07) is 3.85. The van der Waals surface area contributed by atoms with Gasteiger partial charge in [0.25, 0.3) is 12.4 Å². The highest BCUT2D eigenvalue weighted by atomic mass is 32.2. The standard InChI is InChI=1S/C14H19N3O2S.CH2O2/c18-14(17-3-7-19-8-4-17)12-1-2-13(15-11-12)16-5-9-20-10-6-16;2-1-3/h1-2,11H,3-10H2;1H,(H,2,3). The van der Waals surface area contributed by atoms with E-state index in [2.05, 4.69) is 9.88 Å². The summed E-state index contributed by atoms with van der Waals surface area (Å²) in [5, 5.41) is 6.89. The number of morpholine rings is 1. The fraction of sp³-hybridized carbons (Fsp3) is 0.533. The Kier molecular flexibility index (Phi) is 7.15. The number of aromatic nitrogens is 1. The highest BCUT2D eigenvalue weighted by molar-refractivity contribution is 7.99. The summed E-state index contributed by atoms with van der Waals surface area (Å²) in [6.07, 6.45) is 1.70. The van der Waals surface area contributed by atoms with E-state index in [-0.39, 0.29) is 12.4 Å². The molecule has 0 atom stereocenters. The highest BCUT2D eigenvalue weighted by Crippen LogP contribution is 2.18. The van der Waals surface area contributed by atoms with Crippen LogP contribution >= 0.6 is 11.8 Å². The minimum absolute atomic E-state index is 0.0570. The molecule has 23 heavy (non-hydrogen) atoms. The molecule has 2 aliphatic rings. The first-order valence-electron chi connectivity index (χ1n) is 7.50. The van der Waals surface area contributed by atoms with Crippen molar-refractivity contribution in [3.8, 4) is 0 Å². The number of pyridine rings is 1. The van der Waals surface area contributed by atoms with E-state index in [1.807, 2.05) is 28.8 Å². The van der Waals surface area contributed by atoms with Crippen LogP contribution in [0.3, 0.4) is 0 Å². The molecular weight excluding hydrogens is 318 g/mol. The molecule has 126 valence electrons. The molecule has 0 bridgehead atoms. The Hall–Kier alpha value is -1.80. The Morgan fingerprint density at radius 1 is 1.22 bits per heavy atom. The summed E-state index contributed by atoms with van der Waals surface area (Å²) in [7, 11) is 0. The fourth-order valence-corrected chi connectivity index (χ4v) is 3.34. The molecule has 3 rings (SSSR count). The fourth-order valence-electron chi connectivity index (χ4n) is 2.44. The Morgan fingerprint density at radius 3 is 2.43 bits per heavy atom. The maximum absolute atomic E-state index is 12.3. The Bertz CT molecular complexity index is 500. The number of carboxylic acid groups (broad SMARTS) is 1. The van der Waals surface area contributed by atoms with Crippen molar-refractivity contribution >= 4 is 30.0 Å². The molecule has 0 aliphatic carbocycles. The minimum Gasteiger partial charge on any atom is -0.483 e. The molecule has 7 nitrogen and oxygen atoms in total. The molecule has 1 aromatic heterocycles. The summed E-state index contributed by atoms with van der Waals surface area (Å²) >= 11 is 1.98. The van der Waals surface area contributed by atoms with Gasteiger partial charge < -0.3 is 19.6 Å². The molecular formula is C15H21N3O4S. The maximum Gasteiger partial charge on any atom is 0.290 e. The van der Waals surface area contributed by atoms with Crippen molar-refractivity contribution in [1.29, 1.82) is 0 Å². The normalized spacial score (nSPS) is 17.9. The zero-order valence-electron chi connectivity index (χ0n) is 12.9. The summed E-state index contributed by atoms with van der Waals surface area (Å²) in [4.78, 5) is 29.2. The minimum atomic E-state index is -0.250. The number of nitrogens with zero attached hydrogens (tertiary/aromatic N) is 3. The van der Waals surface area contributed by atoms with Crippen molar-refractivity contribution in [1.82, 2.24) is 9.88 Å². The first kappa shape index (κ1) is 17.6. The number of anilines is 1. The number of carbonyl (C=O) groups excluding carboxylic acids is 1. The van der Waals surface area contributed by atoms with Crippen molar-refractivity contribution in [3.63, 3.8) is 0 Å². The number of hydrogen-bond acceptors (Lipinski definition) is 6. The molecule has 1 aromatic rings. The van der Waals surface area contributed by atoms with E-state index in [0.717, 1.165) is 30.4 Å². The largest absolute Gasteiger partial charge is 0.483 e. The van der Waals surface area contributed by atoms with E-state index >= 15 is 0 Å². The smallest absolute Gasteiger partial charge is 0.290 e. The van der Waals surface area contributed by atoms with Gasteiger partial charge in [0.1, 0.15) is 5.82 Å². The molecule has 1 amide bonds. The number of ether oxygens (including phenoxy) is 1. The zero-order chi connectivity index (χ0) is 16.5. The number of thioether (sulfide) groups is 1. The van der Waals surface area contributed by atoms with E-state index in [9.17, 15) is 4.79 Å². The van der Waals surface area contributed by atoms with Gasteiger partial charge in [-0.15, -0.1) is 0 Å². The number of rotatable bonds is 2. The zero-order valence-corrected chi connectivity index (χ0v) is 13.7. The van der Waals surface area contributed by atoms with Crippen molar-refractivity contribution in [3.05, 3.63) is 23.9 Å². The van der Waals surface area contributed by atoms with Crippen LogP contribution in [-0.2, 0) is 9.53 Å². The van der Waals surface area contributed by atoms with Crippen LogP contribution < -0.4 is 4.90 Å². The first-order valence-corrected chi connectivity index (χ1v) is 8.65. The lowest BCUT2D eigenvalue weighted by Gasteiger charge is -2.28. The van der Waals surface area contributed by atoms with Crippen LogP contribution in [0.15, 0.2) is 18.3 Å². The molecule has 1 N–H and O–H groups in total. The second-order valence-electron chi connectivity index (χ2n) is 5.01. The molecule has 0 aromatic carbocycles. The third-order valence-corrected chi connectivity index (χ3v) is 4.57. The maximum atomic E-state index is 12.3.